The molecule has 4 nitrogen and oxygen atoms in total. The standard InChI is InChI=1S/C13H15NO3/c1-10-2-4-11(5-3-10)12(15)8-14-6-7-17-9-13(14)16/h2-5H,6-9H2,1H3. The van der Waals surface area contributed by atoms with Crippen LogP contribution in [0, 0.1) is 6.92 Å². The number of rotatable bonds is 3. The van der Waals surface area contributed by atoms with Crippen molar-refractivity contribution in [2.24, 2.45) is 0 Å². The van der Waals surface area contributed by atoms with Gasteiger partial charge in [0.05, 0.1) is 13.2 Å². The van der Waals surface area contributed by atoms with Crippen molar-refractivity contribution in [2.75, 3.05) is 26.3 Å². The highest BCUT2D eigenvalue weighted by Gasteiger charge is 2.21. The SMILES string of the molecule is Cc1ccc(C(=O)CN2CCOCC2=O)cc1. The van der Waals surface area contributed by atoms with Gasteiger partial charge < -0.3 is 9.64 Å². The Hall–Kier alpha value is -1.68. The zero-order valence-corrected chi connectivity index (χ0v) is 9.81. The lowest BCUT2D eigenvalue weighted by Gasteiger charge is -2.26. The Morgan fingerprint density at radius 1 is 1.35 bits per heavy atom. The first-order chi connectivity index (χ1) is 8.16. The van der Waals surface area contributed by atoms with Crippen LogP contribution in [0.4, 0.5) is 0 Å². The third-order valence-corrected chi connectivity index (χ3v) is 2.79. The fourth-order valence-electron chi connectivity index (χ4n) is 1.72. The molecule has 0 radical (unpaired) electrons. The quantitative estimate of drug-likeness (QED) is 0.733. The largest absolute Gasteiger partial charge is 0.370 e. The molecule has 0 saturated carbocycles. The van der Waals surface area contributed by atoms with E-state index in [1.807, 2.05) is 19.1 Å². The maximum atomic E-state index is 11.9. The van der Waals surface area contributed by atoms with E-state index in [0.717, 1.165) is 5.56 Å². The van der Waals surface area contributed by atoms with E-state index in [2.05, 4.69) is 0 Å². The first-order valence-corrected chi connectivity index (χ1v) is 5.62. The van der Waals surface area contributed by atoms with Crippen LogP contribution in [0.5, 0.6) is 0 Å². The van der Waals surface area contributed by atoms with E-state index in [4.69, 9.17) is 4.74 Å². The Labute approximate surface area is 100 Å². The topological polar surface area (TPSA) is 46.6 Å². The number of nitrogens with zero attached hydrogens (tertiary/aromatic N) is 1. The predicted molar refractivity (Wildman–Crippen MR) is 62.9 cm³/mol. The van der Waals surface area contributed by atoms with Crippen LogP contribution in [0.25, 0.3) is 0 Å². The van der Waals surface area contributed by atoms with E-state index < -0.39 is 0 Å². The second-order valence-electron chi connectivity index (χ2n) is 4.16. The Balaban J connectivity index is 2.01. The second-order valence-corrected chi connectivity index (χ2v) is 4.16. The van der Waals surface area contributed by atoms with Gasteiger partial charge in [0, 0.05) is 12.1 Å². The minimum absolute atomic E-state index is 0.0275. The molecule has 1 aromatic carbocycles. The predicted octanol–water partition coefficient (Wildman–Crippen LogP) is 1.04. The lowest BCUT2D eigenvalue weighted by atomic mass is 10.1. The summed E-state index contributed by atoms with van der Waals surface area (Å²) in [5.41, 5.74) is 1.76. The van der Waals surface area contributed by atoms with E-state index in [1.165, 1.54) is 0 Å². The van der Waals surface area contributed by atoms with Crippen LogP contribution in [-0.2, 0) is 9.53 Å². The summed E-state index contributed by atoms with van der Waals surface area (Å²) in [6, 6.07) is 7.38. The van der Waals surface area contributed by atoms with E-state index in [1.54, 1.807) is 17.0 Å². The van der Waals surface area contributed by atoms with Crippen molar-refractivity contribution in [2.45, 2.75) is 6.92 Å². The number of benzene rings is 1. The molecule has 1 aliphatic rings. The zero-order valence-electron chi connectivity index (χ0n) is 9.81. The van der Waals surface area contributed by atoms with Gasteiger partial charge in [0.1, 0.15) is 6.61 Å². The van der Waals surface area contributed by atoms with Crippen molar-refractivity contribution >= 4 is 11.7 Å². The van der Waals surface area contributed by atoms with Gasteiger partial charge in [-0.2, -0.15) is 0 Å². The molecule has 2 rings (SSSR count). The summed E-state index contributed by atoms with van der Waals surface area (Å²) in [7, 11) is 0. The number of morpholine rings is 1. The molecule has 0 aromatic heterocycles. The molecule has 4 heteroatoms. The zero-order chi connectivity index (χ0) is 12.3. The molecule has 1 aliphatic heterocycles. The number of hydrogen-bond donors (Lipinski definition) is 0. The molecule has 1 aromatic rings. The summed E-state index contributed by atoms with van der Waals surface area (Å²) in [6.45, 7) is 3.20. The Morgan fingerprint density at radius 3 is 2.71 bits per heavy atom. The summed E-state index contributed by atoms with van der Waals surface area (Å²) in [5.74, 6) is -0.142. The Morgan fingerprint density at radius 2 is 2.06 bits per heavy atom. The van der Waals surface area contributed by atoms with Crippen molar-refractivity contribution < 1.29 is 14.3 Å². The number of amides is 1. The maximum Gasteiger partial charge on any atom is 0.249 e. The monoisotopic (exact) mass is 233 g/mol. The summed E-state index contributed by atoms with van der Waals surface area (Å²) in [5, 5.41) is 0. The van der Waals surface area contributed by atoms with E-state index in [0.29, 0.717) is 18.7 Å². The number of hydrogen-bond acceptors (Lipinski definition) is 3. The molecule has 0 atom stereocenters. The van der Waals surface area contributed by atoms with Gasteiger partial charge in [0.2, 0.25) is 5.91 Å². The van der Waals surface area contributed by atoms with Gasteiger partial charge in [-0.15, -0.1) is 0 Å². The first kappa shape index (κ1) is 11.8. The van der Waals surface area contributed by atoms with Crippen molar-refractivity contribution in [3.05, 3.63) is 35.4 Å². The van der Waals surface area contributed by atoms with Gasteiger partial charge in [0.25, 0.3) is 0 Å². The van der Waals surface area contributed by atoms with Crippen LogP contribution in [0.1, 0.15) is 15.9 Å². The van der Waals surface area contributed by atoms with Crippen molar-refractivity contribution in [1.82, 2.24) is 4.90 Å². The lowest BCUT2D eigenvalue weighted by Crippen LogP contribution is -2.44. The van der Waals surface area contributed by atoms with Crippen LogP contribution in [-0.4, -0.2) is 42.9 Å². The highest BCUT2D eigenvalue weighted by Crippen LogP contribution is 2.06. The van der Waals surface area contributed by atoms with Gasteiger partial charge in [-0.25, -0.2) is 0 Å². The Bertz CT molecular complexity index is 425. The van der Waals surface area contributed by atoms with Gasteiger partial charge in [0.15, 0.2) is 5.78 Å². The number of ketones is 1. The number of carbonyl (C=O) groups excluding carboxylic acids is 2. The van der Waals surface area contributed by atoms with Crippen LogP contribution in [0.3, 0.4) is 0 Å². The molecule has 1 fully saturated rings. The molecule has 0 unspecified atom stereocenters. The molecule has 0 N–H and O–H groups in total. The highest BCUT2D eigenvalue weighted by atomic mass is 16.5. The maximum absolute atomic E-state index is 11.9. The molecule has 17 heavy (non-hydrogen) atoms. The smallest absolute Gasteiger partial charge is 0.249 e. The number of ether oxygens (including phenoxy) is 1. The van der Waals surface area contributed by atoms with Crippen LogP contribution in [0.15, 0.2) is 24.3 Å². The van der Waals surface area contributed by atoms with Crippen LogP contribution >= 0.6 is 0 Å². The van der Waals surface area contributed by atoms with Crippen molar-refractivity contribution in [3.63, 3.8) is 0 Å². The van der Waals surface area contributed by atoms with Crippen LogP contribution in [0.2, 0.25) is 0 Å². The normalized spacial score (nSPS) is 16.1. The van der Waals surface area contributed by atoms with Gasteiger partial charge in [-0.05, 0) is 6.92 Å². The van der Waals surface area contributed by atoms with Crippen LogP contribution < -0.4 is 0 Å². The molecular weight excluding hydrogens is 218 g/mol. The molecule has 1 heterocycles. The lowest BCUT2D eigenvalue weighted by molar-refractivity contribution is -0.141. The van der Waals surface area contributed by atoms with E-state index >= 15 is 0 Å². The molecule has 1 amide bonds. The third-order valence-electron chi connectivity index (χ3n) is 2.79. The minimum Gasteiger partial charge on any atom is -0.370 e. The van der Waals surface area contributed by atoms with Crippen molar-refractivity contribution in [3.8, 4) is 0 Å². The summed E-state index contributed by atoms with van der Waals surface area (Å²) in [4.78, 5) is 24.9. The summed E-state index contributed by atoms with van der Waals surface area (Å²) < 4.78 is 5.01. The molecule has 0 spiro atoms. The fraction of sp³-hybridized carbons (Fsp3) is 0.385. The van der Waals surface area contributed by atoms with Crippen molar-refractivity contribution in [1.29, 1.82) is 0 Å². The van der Waals surface area contributed by atoms with E-state index in [9.17, 15) is 9.59 Å². The number of Topliss-reactive ketones (excluding diaryl/α,β-unsaturated/α-hetero) is 1. The highest BCUT2D eigenvalue weighted by molar-refractivity contribution is 5.99. The Kier molecular flexibility index (Phi) is 3.54. The number of aryl methyl sites for hydroxylation is 1. The average Bonchev–Trinajstić information content (AvgIpc) is 2.33. The molecule has 0 aliphatic carbocycles. The fourth-order valence-corrected chi connectivity index (χ4v) is 1.72. The number of carbonyl (C=O) groups is 2. The first-order valence-electron chi connectivity index (χ1n) is 5.62. The van der Waals surface area contributed by atoms with E-state index in [-0.39, 0.29) is 24.8 Å². The molecule has 90 valence electrons. The van der Waals surface area contributed by atoms with Gasteiger partial charge in [-0.1, -0.05) is 29.8 Å². The average molecular weight is 233 g/mol. The molecular formula is C13H15NO3. The van der Waals surface area contributed by atoms with Gasteiger partial charge in [-0.3, -0.25) is 9.59 Å². The summed E-state index contributed by atoms with van der Waals surface area (Å²) >= 11 is 0. The third kappa shape index (κ3) is 2.91. The molecule has 1 saturated heterocycles. The minimum atomic E-state index is -0.114. The second kappa shape index (κ2) is 5.10. The molecule has 0 bridgehead atoms. The van der Waals surface area contributed by atoms with Gasteiger partial charge >= 0.3 is 0 Å². The summed E-state index contributed by atoms with van der Waals surface area (Å²) in [6.07, 6.45) is 0.